The molecule has 0 aromatic heterocycles. The number of nitrogens with zero attached hydrogens (tertiary/aromatic N) is 1. The Morgan fingerprint density at radius 1 is 1.22 bits per heavy atom. The second-order valence-corrected chi connectivity index (χ2v) is 5.41. The van der Waals surface area contributed by atoms with Crippen LogP contribution in [0.3, 0.4) is 0 Å². The van der Waals surface area contributed by atoms with Crippen molar-refractivity contribution < 1.29 is 0 Å². The van der Waals surface area contributed by atoms with E-state index >= 15 is 0 Å². The third-order valence-electron chi connectivity index (χ3n) is 4.12. The van der Waals surface area contributed by atoms with Gasteiger partial charge in [-0.15, -0.1) is 0 Å². The molecule has 1 fully saturated rings. The van der Waals surface area contributed by atoms with E-state index in [1.807, 2.05) is 0 Å². The SMILES string of the molecule is CCN(c1ccc(C)cc1CN)C1CCCCC1. The largest absolute Gasteiger partial charge is 0.369 e. The predicted molar refractivity (Wildman–Crippen MR) is 79.0 cm³/mol. The first kappa shape index (κ1) is 13.4. The van der Waals surface area contributed by atoms with Gasteiger partial charge < -0.3 is 10.6 Å². The van der Waals surface area contributed by atoms with Crippen molar-refractivity contribution in [2.45, 2.75) is 58.5 Å². The maximum atomic E-state index is 5.91. The van der Waals surface area contributed by atoms with Crippen molar-refractivity contribution in [1.29, 1.82) is 0 Å². The minimum absolute atomic E-state index is 0.639. The quantitative estimate of drug-likeness (QED) is 0.879. The molecule has 0 amide bonds. The van der Waals surface area contributed by atoms with Gasteiger partial charge in [0.25, 0.3) is 0 Å². The summed E-state index contributed by atoms with van der Waals surface area (Å²) in [4.78, 5) is 2.57. The monoisotopic (exact) mass is 246 g/mol. The Morgan fingerprint density at radius 3 is 2.56 bits per heavy atom. The van der Waals surface area contributed by atoms with Crippen LogP contribution in [0.1, 0.15) is 50.2 Å². The molecule has 0 aliphatic heterocycles. The van der Waals surface area contributed by atoms with Crippen LogP contribution >= 0.6 is 0 Å². The maximum Gasteiger partial charge on any atom is 0.0414 e. The second kappa shape index (κ2) is 6.24. The molecule has 1 aliphatic rings. The number of nitrogens with two attached hydrogens (primary N) is 1. The molecular formula is C16H26N2. The molecule has 1 saturated carbocycles. The normalized spacial score (nSPS) is 16.8. The minimum Gasteiger partial charge on any atom is -0.369 e. The molecule has 0 radical (unpaired) electrons. The summed E-state index contributed by atoms with van der Waals surface area (Å²) in [7, 11) is 0. The highest BCUT2D eigenvalue weighted by Gasteiger charge is 2.21. The van der Waals surface area contributed by atoms with Gasteiger partial charge in [0.05, 0.1) is 0 Å². The summed E-state index contributed by atoms with van der Waals surface area (Å²) in [5, 5.41) is 0. The first-order chi connectivity index (χ1) is 8.76. The molecule has 1 aliphatic carbocycles. The van der Waals surface area contributed by atoms with E-state index < -0.39 is 0 Å². The van der Waals surface area contributed by atoms with Gasteiger partial charge in [0.2, 0.25) is 0 Å². The van der Waals surface area contributed by atoms with Crippen LogP contribution in [0.4, 0.5) is 5.69 Å². The smallest absolute Gasteiger partial charge is 0.0414 e. The lowest BCUT2D eigenvalue weighted by molar-refractivity contribution is 0.417. The molecule has 2 rings (SSSR count). The molecule has 0 bridgehead atoms. The van der Waals surface area contributed by atoms with Crippen molar-refractivity contribution in [2.75, 3.05) is 11.4 Å². The summed E-state index contributed by atoms with van der Waals surface area (Å²) in [6, 6.07) is 7.42. The molecule has 18 heavy (non-hydrogen) atoms. The van der Waals surface area contributed by atoms with E-state index in [1.165, 1.54) is 48.9 Å². The van der Waals surface area contributed by atoms with Gasteiger partial charge in [-0.25, -0.2) is 0 Å². The van der Waals surface area contributed by atoms with Gasteiger partial charge in [-0.2, -0.15) is 0 Å². The molecule has 0 spiro atoms. The van der Waals surface area contributed by atoms with Crippen LogP contribution in [-0.2, 0) is 6.54 Å². The Morgan fingerprint density at radius 2 is 1.94 bits per heavy atom. The topological polar surface area (TPSA) is 29.3 Å². The molecule has 0 saturated heterocycles. The van der Waals surface area contributed by atoms with Crippen LogP contribution in [0.15, 0.2) is 18.2 Å². The zero-order valence-electron chi connectivity index (χ0n) is 11.8. The molecule has 2 N–H and O–H groups in total. The number of hydrogen-bond donors (Lipinski definition) is 1. The predicted octanol–water partition coefficient (Wildman–Crippen LogP) is 3.61. The van der Waals surface area contributed by atoms with Crippen molar-refractivity contribution in [3.05, 3.63) is 29.3 Å². The lowest BCUT2D eigenvalue weighted by atomic mass is 9.93. The number of benzene rings is 1. The first-order valence-electron chi connectivity index (χ1n) is 7.32. The van der Waals surface area contributed by atoms with Crippen LogP contribution < -0.4 is 10.6 Å². The minimum atomic E-state index is 0.639. The van der Waals surface area contributed by atoms with Crippen molar-refractivity contribution in [3.8, 4) is 0 Å². The zero-order valence-corrected chi connectivity index (χ0v) is 11.8. The highest BCUT2D eigenvalue weighted by molar-refractivity contribution is 5.55. The molecule has 0 heterocycles. The lowest BCUT2D eigenvalue weighted by Gasteiger charge is -2.36. The van der Waals surface area contributed by atoms with Crippen molar-refractivity contribution >= 4 is 5.69 Å². The Labute approximate surface area is 111 Å². The summed E-state index contributed by atoms with van der Waals surface area (Å²) in [6.45, 7) is 6.12. The average molecular weight is 246 g/mol. The molecule has 100 valence electrons. The number of anilines is 1. The van der Waals surface area contributed by atoms with E-state index in [1.54, 1.807) is 0 Å². The Hall–Kier alpha value is -1.02. The Kier molecular flexibility index (Phi) is 4.65. The molecular weight excluding hydrogens is 220 g/mol. The Balaban J connectivity index is 2.25. The third kappa shape index (κ3) is 2.86. The van der Waals surface area contributed by atoms with Gasteiger partial charge in [-0.3, -0.25) is 0 Å². The molecule has 1 aromatic rings. The summed E-state index contributed by atoms with van der Waals surface area (Å²) in [5.41, 5.74) is 9.87. The highest BCUT2D eigenvalue weighted by atomic mass is 15.2. The molecule has 0 atom stereocenters. The van der Waals surface area contributed by atoms with Crippen LogP contribution in [-0.4, -0.2) is 12.6 Å². The van der Waals surface area contributed by atoms with Gasteiger partial charge in [0.15, 0.2) is 0 Å². The molecule has 1 aromatic carbocycles. The number of hydrogen-bond acceptors (Lipinski definition) is 2. The first-order valence-corrected chi connectivity index (χ1v) is 7.32. The second-order valence-electron chi connectivity index (χ2n) is 5.41. The van der Waals surface area contributed by atoms with Gasteiger partial charge in [0.1, 0.15) is 0 Å². The maximum absolute atomic E-state index is 5.91. The van der Waals surface area contributed by atoms with E-state index in [-0.39, 0.29) is 0 Å². The number of rotatable bonds is 4. The van der Waals surface area contributed by atoms with Crippen LogP contribution in [0, 0.1) is 6.92 Å². The zero-order chi connectivity index (χ0) is 13.0. The van der Waals surface area contributed by atoms with E-state index in [4.69, 9.17) is 5.73 Å². The fourth-order valence-corrected chi connectivity index (χ4v) is 3.18. The van der Waals surface area contributed by atoms with Gasteiger partial charge in [-0.1, -0.05) is 37.0 Å². The van der Waals surface area contributed by atoms with Crippen molar-refractivity contribution in [3.63, 3.8) is 0 Å². The summed E-state index contributed by atoms with van der Waals surface area (Å²) in [5.74, 6) is 0. The van der Waals surface area contributed by atoms with Crippen molar-refractivity contribution in [2.24, 2.45) is 5.73 Å². The lowest BCUT2D eigenvalue weighted by Crippen LogP contribution is -2.37. The van der Waals surface area contributed by atoms with E-state index in [2.05, 4.69) is 36.9 Å². The average Bonchev–Trinajstić information content (AvgIpc) is 2.42. The standard InChI is InChI=1S/C16H26N2/c1-3-18(15-7-5-4-6-8-15)16-10-9-13(2)11-14(16)12-17/h9-11,15H,3-8,12,17H2,1-2H3. The van der Waals surface area contributed by atoms with E-state index in [9.17, 15) is 0 Å². The van der Waals surface area contributed by atoms with Crippen LogP contribution in [0.2, 0.25) is 0 Å². The van der Waals surface area contributed by atoms with Gasteiger partial charge in [0, 0.05) is 24.8 Å². The van der Waals surface area contributed by atoms with Gasteiger partial charge >= 0.3 is 0 Å². The fraction of sp³-hybridized carbons (Fsp3) is 0.625. The summed E-state index contributed by atoms with van der Waals surface area (Å²) >= 11 is 0. The highest BCUT2D eigenvalue weighted by Crippen LogP contribution is 2.29. The van der Waals surface area contributed by atoms with Crippen LogP contribution in [0.25, 0.3) is 0 Å². The Bertz CT molecular complexity index is 381. The summed E-state index contributed by atoms with van der Waals surface area (Å²) < 4.78 is 0. The fourth-order valence-electron chi connectivity index (χ4n) is 3.18. The molecule has 2 nitrogen and oxygen atoms in total. The van der Waals surface area contributed by atoms with E-state index in [0.29, 0.717) is 6.54 Å². The van der Waals surface area contributed by atoms with Crippen molar-refractivity contribution in [1.82, 2.24) is 0 Å². The molecule has 2 heteroatoms. The summed E-state index contributed by atoms with van der Waals surface area (Å²) in [6.07, 6.45) is 6.85. The van der Waals surface area contributed by atoms with E-state index in [0.717, 1.165) is 12.6 Å². The third-order valence-corrected chi connectivity index (χ3v) is 4.12. The molecule has 0 unspecified atom stereocenters. The number of aryl methyl sites for hydroxylation is 1. The van der Waals surface area contributed by atoms with Gasteiger partial charge in [-0.05, 0) is 38.3 Å². The van der Waals surface area contributed by atoms with Crippen LogP contribution in [0.5, 0.6) is 0 Å².